The molecule has 0 bridgehead atoms. The lowest BCUT2D eigenvalue weighted by atomic mass is 10.0. The normalized spacial score (nSPS) is 13.8. The first-order valence-corrected chi connectivity index (χ1v) is 13.9. The molecular formula is C32H34N8O2. The number of benzene rings is 2. The number of carbonyl (C=O) groups is 1. The van der Waals surface area contributed by atoms with Crippen molar-refractivity contribution in [2.45, 2.75) is 13.3 Å². The first-order valence-electron chi connectivity index (χ1n) is 13.9. The highest BCUT2D eigenvalue weighted by atomic mass is 16.1. The molecule has 0 saturated carbocycles. The van der Waals surface area contributed by atoms with Crippen LogP contribution in [-0.4, -0.2) is 74.6 Å². The summed E-state index contributed by atoms with van der Waals surface area (Å²) in [5.74, 6) is 6.07. The lowest BCUT2D eigenvalue weighted by Crippen LogP contribution is -2.44. The fraction of sp³-hybridized carbons (Fsp3) is 0.250. The molecule has 0 spiro atoms. The Morgan fingerprint density at radius 3 is 2.50 bits per heavy atom. The zero-order chi connectivity index (χ0) is 29.6. The molecule has 0 atom stereocenters. The minimum atomic E-state index is -0.619. The molecule has 6 rings (SSSR count). The topological polar surface area (TPSA) is 128 Å². The molecule has 214 valence electrons. The van der Waals surface area contributed by atoms with E-state index in [0.717, 1.165) is 61.5 Å². The number of pyridine rings is 1. The van der Waals surface area contributed by atoms with Crippen molar-refractivity contribution in [3.63, 3.8) is 0 Å². The van der Waals surface area contributed by atoms with Crippen LogP contribution in [0.5, 0.6) is 0 Å². The van der Waals surface area contributed by atoms with Crippen molar-refractivity contribution < 1.29 is 4.79 Å². The van der Waals surface area contributed by atoms with Crippen molar-refractivity contribution in [3.8, 4) is 17.5 Å². The molecule has 0 radical (unpaired) electrons. The van der Waals surface area contributed by atoms with E-state index in [1.165, 1.54) is 4.52 Å². The minimum Gasteiger partial charge on any atom is -0.381 e. The third-order valence-electron chi connectivity index (χ3n) is 7.29. The number of hydrogen-bond acceptors (Lipinski definition) is 7. The Morgan fingerprint density at radius 2 is 1.79 bits per heavy atom. The van der Waals surface area contributed by atoms with Gasteiger partial charge >= 0.3 is 0 Å². The van der Waals surface area contributed by atoms with Crippen LogP contribution in [-0.2, 0) is 6.42 Å². The van der Waals surface area contributed by atoms with E-state index >= 15 is 0 Å². The highest BCUT2D eigenvalue weighted by Crippen LogP contribution is 2.19. The van der Waals surface area contributed by atoms with E-state index in [4.69, 9.17) is 11.5 Å². The standard InChI is InChI=1S/C25H27N3O.C7H7N5O/c1-3-22-19-21-10-7-9-20(11-8-14-27-17-15-26(2)16-18-27)24(21)25(29)28(22)23-12-5-4-6-13-23;8-5-4(6(9)13)7-10-2-1-3-12(7)11-5/h4-7,9-10,12-13,19H,3,14-18H2,1-2H3;1-3H,(H2,8,11)(H2,9,13). The van der Waals surface area contributed by atoms with Crippen LogP contribution in [0.4, 0.5) is 5.82 Å². The number of carbonyl (C=O) groups excluding carboxylic acids is 1. The molecule has 1 aliphatic heterocycles. The highest BCUT2D eigenvalue weighted by Gasteiger charge is 2.16. The lowest BCUT2D eigenvalue weighted by Gasteiger charge is -2.30. The van der Waals surface area contributed by atoms with E-state index in [2.05, 4.69) is 51.8 Å². The van der Waals surface area contributed by atoms with Gasteiger partial charge in [0.1, 0.15) is 5.56 Å². The zero-order valence-electron chi connectivity index (χ0n) is 23.8. The summed E-state index contributed by atoms with van der Waals surface area (Å²) in [7, 11) is 2.15. The monoisotopic (exact) mass is 562 g/mol. The van der Waals surface area contributed by atoms with Gasteiger partial charge in [-0.2, -0.15) is 0 Å². The number of primary amides is 1. The highest BCUT2D eigenvalue weighted by molar-refractivity contribution is 6.03. The van der Waals surface area contributed by atoms with Crippen LogP contribution in [0.25, 0.3) is 22.1 Å². The number of piperazine rings is 1. The van der Waals surface area contributed by atoms with Crippen molar-refractivity contribution in [2.24, 2.45) is 5.73 Å². The maximum atomic E-state index is 13.5. The third-order valence-corrected chi connectivity index (χ3v) is 7.29. The van der Waals surface area contributed by atoms with Crippen LogP contribution >= 0.6 is 0 Å². The second-order valence-electron chi connectivity index (χ2n) is 10.1. The van der Waals surface area contributed by atoms with Gasteiger partial charge < -0.3 is 16.4 Å². The van der Waals surface area contributed by atoms with Gasteiger partial charge in [-0.05, 0) is 49.2 Å². The number of hydrogen-bond donors (Lipinski definition) is 2. The number of aryl methyl sites for hydroxylation is 1. The Labute approximate surface area is 244 Å². The van der Waals surface area contributed by atoms with Gasteiger partial charge in [0.15, 0.2) is 11.5 Å². The molecule has 3 aromatic heterocycles. The Kier molecular flexibility index (Phi) is 8.62. The van der Waals surface area contributed by atoms with Gasteiger partial charge in [0.2, 0.25) is 0 Å². The van der Waals surface area contributed by atoms with Crippen LogP contribution in [0, 0.1) is 11.8 Å². The lowest BCUT2D eigenvalue weighted by molar-refractivity contribution is 0.100. The van der Waals surface area contributed by atoms with Crippen LogP contribution in [0.15, 0.2) is 77.9 Å². The average molecular weight is 563 g/mol. The Bertz CT molecular complexity index is 1840. The second-order valence-corrected chi connectivity index (χ2v) is 10.1. The van der Waals surface area contributed by atoms with Crippen molar-refractivity contribution in [2.75, 3.05) is 45.5 Å². The molecule has 10 heteroatoms. The first kappa shape index (κ1) is 28.5. The molecule has 5 aromatic rings. The molecule has 1 fully saturated rings. The van der Waals surface area contributed by atoms with E-state index in [1.54, 1.807) is 18.5 Å². The summed E-state index contributed by atoms with van der Waals surface area (Å²) in [6.07, 6.45) is 3.98. The zero-order valence-corrected chi connectivity index (χ0v) is 23.8. The van der Waals surface area contributed by atoms with Gasteiger partial charge in [0, 0.05) is 55.5 Å². The van der Waals surface area contributed by atoms with Gasteiger partial charge in [-0.15, -0.1) is 5.10 Å². The third kappa shape index (κ3) is 6.02. The number of fused-ring (bicyclic) bond motifs is 2. The van der Waals surface area contributed by atoms with E-state index in [1.807, 2.05) is 53.1 Å². The number of nitrogen functional groups attached to an aromatic ring is 1. The van der Waals surface area contributed by atoms with Gasteiger partial charge in [0.25, 0.3) is 11.5 Å². The summed E-state index contributed by atoms with van der Waals surface area (Å²) in [5.41, 5.74) is 13.9. The molecule has 1 aliphatic rings. The predicted molar refractivity (Wildman–Crippen MR) is 166 cm³/mol. The number of likely N-dealkylation sites (N-methyl/N-ethyl adjacent to an activating group) is 1. The molecule has 1 saturated heterocycles. The number of rotatable bonds is 4. The van der Waals surface area contributed by atoms with Gasteiger partial charge in [-0.25, -0.2) is 9.50 Å². The molecule has 2 aromatic carbocycles. The average Bonchev–Trinajstić information content (AvgIpc) is 3.34. The van der Waals surface area contributed by atoms with E-state index < -0.39 is 5.91 Å². The van der Waals surface area contributed by atoms with Crippen molar-refractivity contribution in [1.82, 2.24) is 29.0 Å². The van der Waals surface area contributed by atoms with E-state index in [9.17, 15) is 9.59 Å². The predicted octanol–water partition coefficient (Wildman–Crippen LogP) is 2.56. The quantitative estimate of drug-likeness (QED) is 0.322. The van der Waals surface area contributed by atoms with Crippen LogP contribution in [0.3, 0.4) is 0 Å². The number of amides is 1. The second kappa shape index (κ2) is 12.7. The summed E-state index contributed by atoms with van der Waals surface area (Å²) < 4.78 is 3.24. The largest absolute Gasteiger partial charge is 0.381 e. The number of para-hydroxylation sites is 1. The fourth-order valence-electron chi connectivity index (χ4n) is 5.03. The van der Waals surface area contributed by atoms with Crippen molar-refractivity contribution >= 4 is 28.1 Å². The maximum Gasteiger partial charge on any atom is 0.264 e. The molecule has 0 aliphatic carbocycles. The molecule has 10 nitrogen and oxygen atoms in total. The van der Waals surface area contributed by atoms with Crippen molar-refractivity contribution in [1.29, 1.82) is 0 Å². The summed E-state index contributed by atoms with van der Waals surface area (Å²) in [5, 5.41) is 5.54. The van der Waals surface area contributed by atoms with Gasteiger partial charge in [0.05, 0.1) is 11.9 Å². The minimum absolute atomic E-state index is 0.00930. The molecular weight excluding hydrogens is 528 g/mol. The molecule has 42 heavy (non-hydrogen) atoms. The Hall–Kier alpha value is -4.98. The molecule has 0 unspecified atom stereocenters. The fourth-order valence-corrected chi connectivity index (χ4v) is 5.03. The van der Waals surface area contributed by atoms with Gasteiger partial charge in [-0.1, -0.05) is 49.1 Å². The van der Waals surface area contributed by atoms with Gasteiger partial charge in [-0.3, -0.25) is 19.1 Å². The van der Waals surface area contributed by atoms with E-state index in [0.29, 0.717) is 11.0 Å². The summed E-state index contributed by atoms with van der Waals surface area (Å²) >= 11 is 0. The molecule has 4 heterocycles. The number of aromatic nitrogens is 4. The van der Waals surface area contributed by atoms with Crippen molar-refractivity contribution in [3.05, 3.63) is 100 Å². The summed E-state index contributed by atoms with van der Waals surface area (Å²) in [6.45, 7) is 7.07. The SMILES string of the molecule is CCc1cc2cccc(C#CCN3CCN(C)CC3)c2c(=O)n1-c1ccccc1.NC(=O)c1c(N)nn2cccnc12. The first-order chi connectivity index (χ1) is 20.4. The smallest absolute Gasteiger partial charge is 0.264 e. The number of nitrogens with two attached hydrogens (primary N) is 2. The van der Waals surface area contributed by atoms with Crippen LogP contribution in [0.1, 0.15) is 28.5 Å². The molecule has 1 amide bonds. The maximum absolute atomic E-state index is 13.5. The summed E-state index contributed by atoms with van der Waals surface area (Å²) in [4.78, 5) is 33.1. The Balaban J connectivity index is 0.000000226. The Morgan fingerprint density at radius 1 is 1.02 bits per heavy atom. The van der Waals surface area contributed by atoms with Crippen LogP contribution in [0.2, 0.25) is 0 Å². The summed E-state index contributed by atoms with van der Waals surface area (Å²) in [6, 6.07) is 19.6. The number of nitrogens with zero attached hydrogens (tertiary/aromatic N) is 6. The number of anilines is 1. The van der Waals surface area contributed by atoms with Crippen LogP contribution < -0.4 is 17.0 Å². The molecule has 4 N–H and O–H groups in total. The van der Waals surface area contributed by atoms with E-state index in [-0.39, 0.29) is 16.9 Å².